The Hall–Kier alpha value is -4.37. The Morgan fingerprint density at radius 1 is 0.829 bits per heavy atom. The molecule has 1 aromatic heterocycles. The van der Waals surface area contributed by atoms with Gasteiger partial charge in [0.25, 0.3) is 0 Å². The Kier molecular flexibility index (Phi) is 6.32. The Morgan fingerprint density at radius 2 is 1.46 bits per heavy atom. The van der Waals surface area contributed by atoms with Crippen LogP contribution in [0.5, 0.6) is 0 Å². The van der Waals surface area contributed by atoms with Gasteiger partial charge in [-0.2, -0.15) is 0 Å². The van der Waals surface area contributed by atoms with Crippen molar-refractivity contribution < 1.29 is 18.7 Å². The summed E-state index contributed by atoms with van der Waals surface area (Å²) < 4.78 is 18.4. The minimum absolute atomic E-state index is 0.159. The molecule has 0 atom stereocenters. The number of ether oxygens (including phenoxy) is 1. The Morgan fingerprint density at radius 3 is 2.14 bits per heavy atom. The quantitative estimate of drug-likeness (QED) is 0.417. The number of fused-ring (bicyclic) bond motifs is 1. The van der Waals surface area contributed by atoms with Crippen molar-refractivity contribution in [2.75, 3.05) is 41.8 Å². The monoisotopic (exact) mass is 471 g/mol. The molecular formula is C26H22FN5O3. The fraction of sp³-hybridized carbons (Fsp3) is 0.154. The number of benzene rings is 3. The third kappa shape index (κ3) is 5.25. The highest BCUT2D eigenvalue weighted by atomic mass is 19.1. The molecule has 4 aromatic rings. The molecule has 2 amide bonds. The van der Waals surface area contributed by atoms with Crippen molar-refractivity contribution in [1.82, 2.24) is 9.97 Å². The molecule has 8 nitrogen and oxygen atoms in total. The number of anilines is 3. The smallest absolute Gasteiger partial charge is 0.323 e. The van der Waals surface area contributed by atoms with Crippen molar-refractivity contribution in [3.8, 4) is 0 Å². The highest BCUT2D eigenvalue weighted by molar-refractivity contribution is 6.10. The van der Waals surface area contributed by atoms with Crippen LogP contribution in [0.4, 0.5) is 26.4 Å². The van der Waals surface area contributed by atoms with E-state index in [1.807, 2.05) is 0 Å². The van der Waals surface area contributed by atoms with Gasteiger partial charge in [-0.05, 0) is 66.7 Å². The third-order valence-electron chi connectivity index (χ3n) is 5.63. The predicted molar refractivity (Wildman–Crippen MR) is 131 cm³/mol. The van der Waals surface area contributed by atoms with Crippen LogP contribution >= 0.6 is 0 Å². The molecule has 0 aliphatic carbocycles. The molecule has 1 aliphatic rings. The van der Waals surface area contributed by atoms with Crippen LogP contribution in [0.2, 0.25) is 0 Å². The van der Waals surface area contributed by atoms with Crippen LogP contribution in [-0.4, -0.2) is 48.1 Å². The van der Waals surface area contributed by atoms with E-state index in [0.717, 1.165) is 18.9 Å². The first-order valence-electron chi connectivity index (χ1n) is 11.1. The van der Waals surface area contributed by atoms with Gasteiger partial charge < -0.3 is 20.3 Å². The van der Waals surface area contributed by atoms with Crippen LogP contribution in [0.1, 0.15) is 15.9 Å². The highest BCUT2D eigenvalue weighted by Crippen LogP contribution is 2.20. The average Bonchev–Trinajstić information content (AvgIpc) is 2.90. The summed E-state index contributed by atoms with van der Waals surface area (Å²) >= 11 is 0. The van der Waals surface area contributed by atoms with Gasteiger partial charge >= 0.3 is 6.03 Å². The lowest BCUT2D eigenvalue weighted by atomic mass is 10.0. The summed E-state index contributed by atoms with van der Waals surface area (Å²) in [6, 6.07) is 16.8. The number of nitrogens with zero attached hydrogens (tertiary/aromatic N) is 3. The number of halogens is 1. The number of rotatable bonds is 5. The number of urea groups is 1. The van der Waals surface area contributed by atoms with Crippen molar-refractivity contribution in [2.24, 2.45) is 0 Å². The predicted octanol–water partition coefficient (Wildman–Crippen LogP) is 4.48. The maximum atomic E-state index is 13.1. The van der Waals surface area contributed by atoms with Gasteiger partial charge in [-0.15, -0.1) is 0 Å². The zero-order chi connectivity index (χ0) is 24.2. The summed E-state index contributed by atoms with van der Waals surface area (Å²) in [5.74, 6) is 0.222. The van der Waals surface area contributed by atoms with Crippen molar-refractivity contribution in [3.63, 3.8) is 0 Å². The summed E-state index contributed by atoms with van der Waals surface area (Å²) in [5, 5.41) is 5.30. The first-order valence-corrected chi connectivity index (χ1v) is 11.1. The van der Waals surface area contributed by atoms with Crippen LogP contribution < -0.4 is 15.5 Å². The van der Waals surface area contributed by atoms with Crippen molar-refractivity contribution in [1.29, 1.82) is 0 Å². The molecule has 0 radical (unpaired) electrons. The van der Waals surface area contributed by atoms with Gasteiger partial charge in [-0.1, -0.05) is 0 Å². The van der Waals surface area contributed by atoms with Crippen LogP contribution in [0.15, 0.2) is 72.9 Å². The number of carbonyl (C=O) groups is 2. The second kappa shape index (κ2) is 9.86. The number of carbonyl (C=O) groups excluding carboxylic acids is 2. The van der Waals surface area contributed by atoms with Gasteiger partial charge in [-0.25, -0.2) is 14.2 Å². The van der Waals surface area contributed by atoms with Crippen molar-refractivity contribution in [2.45, 2.75) is 0 Å². The number of amides is 2. The Bertz CT molecular complexity index is 1370. The molecular weight excluding hydrogens is 449 g/mol. The van der Waals surface area contributed by atoms with Gasteiger partial charge in [0.2, 0.25) is 0 Å². The van der Waals surface area contributed by atoms with Gasteiger partial charge in [0, 0.05) is 35.6 Å². The number of nitrogens with one attached hydrogen (secondary N) is 2. The van der Waals surface area contributed by atoms with E-state index in [4.69, 9.17) is 9.72 Å². The SMILES string of the molecule is O=C(Nc1ccc(F)cc1)Nc1ccc(C(=O)c2ccc3ncc(N4CCOCC4)nc3c2)cc1. The first kappa shape index (κ1) is 22.4. The van der Waals surface area contributed by atoms with Crippen molar-refractivity contribution in [3.05, 3.63) is 89.9 Å². The molecule has 3 aromatic carbocycles. The Balaban J connectivity index is 1.28. The lowest BCUT2D eigenvalue weighted by Crippen LogP contribution is -2.36. The molecule has 5 rings (SSSR count). The lowest BCUT2D eigenvalue weighted by molar-refractivity contribution is 0.103. The van der Waals surface area contributed by atoms with E-state index in [1.165, 1.54) is 24.3 Å². The van der Waals surface area contributed by atoms with Crippen LogP contribution in [0.25, 0.3) is 11.0 Å². The van der Waals surface area contributed by atoms with Crippen LogP contribution in [0, 0.1) is 5.82 Å². The van der Waals surface area contributed by atoms with Gasteiger partial charge in [0.15, 0.2) is 5.78 Å². The molecule has 2 N–H and O–H groups in total. The summed E-state index contributed by atoms with van der Waals surface area (Å²) in [6.45, 7) is 2.80. The van der Waals surface area contributed by atoms with E-state index >= 15 is 0 Å². The minimum Gasteiger partial charge on any atom is -0.378 e. The van der Waals surface area contributed by atoms with Gasteiger partial charge in [0.05, 0.1) is 30.4 Å². The van der Waals surface area contributed by atoms with Gasteiger partial charge in [0.1, 0.15) is 11.6 Å². The molecule has 0 bridgehead atoms. The second-order valence-corrected chi connectivity index (χ2v) is 8.02. The van der Waals surface area contributed by atoms with E-state index in [2.05, 4.69) is 20.5 Å². The molecule has 2 heterocycles. The largest absolute Gasteiger partial charge is 0.378 e. The first-order chi connectivity index (χ1) is 17.0. The van der Waals surface area contributed by atoms with E-state index in [1.54, 1.807) is 48.7 Å². The van der Waals surface area contributed by atoms with E-state index in [-0.39, 0.29) is 11.6 Å². The maximum absolute atomic E-state index is 13.1. The number of ketones is 1. The molecule has 0 saturated carbocycles. The zero-order valence-corrected chi connectivity index (χ0v) is 18.7. The van der Waals surface area contributed by atoms with Crippen molar-refractivity contribution >= 4 is 40.0 Å². The third-order valence-corrected chi connectivity index (χ3v) is 5.63. The second-order valence-electron chi connectivity index (χ2n) is 8.02. The molecule has 0 spiro atoms. The summed E-state index contributed by atoms with van der Waals surface area (Å²) in [6.07, 6.45) is 1.74. The molecule has 1 fully saturated rings. The molecule has 176 valence electrons. The zero-order valence-electron chi connectivity index (χ0n) is 18.7. The normalized spacial score (nSPS) is 13.5. The van der Waals surface area contributed by atoms with E-state index in [9.17, 15) is 14.0 Å². The van der Waals surface area contributed by atoms with Gasteiger partial charge in [-0.3, -0.25) is 9.78 Å². The number of aromatic nitrogens is 2. The highest BCUT2D eigenvalue weighted by Gasteiger charge is 2.15. The van der Waals surface area contributed by atoms with Crippen LogP contribution in [-0.2, 0) is 4.74 Å². The molecule has 35 heavy (non-hydrogen) atoms. The molecule has 9 heteroatoms. The number of hydrogen-bond donors (Lipinski definition) is 2. The summed E-state index contributed by atoms with van der Waals surface area (Å²) in [4.78, 5) is 36.5. The fourth-order valence-electron chi connectivity index (χ4n) is 3.79. The molecule has 1 aliphatic heterocycles. The van der Waals surface area contributed by atoms with E-state index < -0.39 is 6.03 Å². The molecule has 0 unspecified atom stereocenters. The summed E-state index contributed by atoms with van der Waals surface area (Å²) in [5.41, 5.74) is 3.32. The standard InChI is InChI=1S/C26H22FN5O3/c27-19-4-8-21(9-5-19)30-26(34)29-20-6-1-17(2-7-20)25(33)18-3-10-22-23(15-18)31-24(16-28-22)32-11-13-35-14-12-32/h1-10,15-16H,11-14H2,(H2,29,30,34). The average molecular weight is 471 g/mol. The fourth-order valence-corrected chi connectivity index (χ4v) is 3.79. The lowest BCUT2D eigenvalue weighted by Gasteiger charge is -2.27. The minimum atomic E-state index is -0.472. The number of morpholine rings is 1. The number of hydrogen-bond acceptors (Lipinski definition) is 6. The maximum Gasteiger partial charge on any atom is 0.323 e. The molecule has 1 saturated heterocycles. The topological polar surface area (TPSA) is 96.5 Å². The van der Waals surface area contributed by atoms with E-state index in [0.29, 0.717) is 46.7 Å². The van der Waals surface area contributed by atoms with Crippen LogP contribution in [0.3, 0.4) is 0 Å². The summed E-state index contributed by atoms with van der Waals surface area (Å²) in [7, 11) is 0. The Labute approximate surface area is 200 Å².